The lowest BCUT2D eigenvalue weighted by atomic mass is 10.0. The van der Waals surface area contributed by atoms with E-state index in [0.717, 1.165) is 65.6 Å². The van der Waals surface area contributed by atoms with Gasteiger partial charge in [-0.1, -0.05) is 31.2 Å². The fraction of sp³-hybridized carbons (Fsp3) is 0.310. The number of nitrogens with zero attached hydrogens (tertiary/aromatic N) is 3. The number of hydrogen-bond acceptors (Lipinski definition) is 7. The molecule has 1 unspecified atom stereocenters. The first-order valence-electron chi connectivity index (χ1n) is 12.9. The third kappa shape index (κ3) is 6.20. The number of pyridine rings is 1. The van der Waals surface area contributed by atoms with E-state index in [1.165, 1.54) is 0 Å². The number of benzene rings is 2. The van der Waals surface area contributed by atoms with Gasteiger partial charge in [-0.05, 0) is 62.6 Å². The van der Waals surface area contributed by atoms with E-state index in [0.29, 0.717) is 30.0 Å². The third-order valence-electron chi connectivity index (χ3n) is 6.49. The lowest BCUT2D eigenvalue weighted by Gasteiger charge is -2.23. The van der Waals surface area contributed by atoms with E-state index in [9.17, 15) is 4.79 Å². The normalized spacial score (nSPS) is 14.9. The smallest absolute Gasteiger partial charge is 0.228 e. The highest BCUT2D eigenvalue weighted by atomic mass is 35.5. The molecule has 1 amide bonds. The average molecular weight is 533 g/mol. The van der Waals surface area contributed by atoms with Crippen LogP contribution in [0.25, 0.3) is 22.0 Å². The van der Waals surface area contributed by atoms with Crippen molar-refractivity contribution in [3.63, 3.8) is 0 Å². The zero-order chi connectivity index (χ0) is 25.6. The lowest BCUT2D eigenvalue weighted by molar-refractivity contribution is -0.116. The number of aryl methyl sites for hydroxylation is 1. The molecule has 9 heteroatoms. The number of halogens is 1. The van der Waals surface area contributed by atoms with Crippen molar-refractivity contribution in [1.82, 2.24) is 20.3 Å². The molecule has 0 radical (unpaired) electrons. The van der Waals surface area contributed by atoms with Crippen LogP contribution in [0.4, 0.5) is 11.6 Å². The highest BCUT2D eigenvalue weighted by Gasteiger charge is 2.17. The number of hydrogen-bond donors (Lipinski definition) is 3. The Balaban J connectivity index is 0.00000336. The number of anilines is 2. The van der Waals surface area contributed by atoms with Crippen LogP contribution in [0.15, 0.2) is 60.9 Å². The quantitative estimate of drug-likeness (QED) is 0.251. The second-order valence-electron chi connectivity index (χ2n) is 9.32. The molecule has 1 fully saturated rings. The van der Waals surface area contributed by atoms with E-state index in [1.54, 1.807) is 12.4 Å². The van der Waals surface area contributed by atoms with Gasteiger partial charge in [0.15, 0.2) is 0 Å². The van der Waals surface area contributed by atoms with Crippen LogP contribution in [0.1, 0.15) is 38.2 Å². The number of carbonyl (C=O) groups excluding carboxylic acids is 1. The Morgan fingerprint density at radius 2 is 1.97 bits per heavy atom. The van der Waals surface area contributed by atoms with Crippen molar-refractivity contribution in [2.45, 2.75) is 45.6 Å². The summed E-state index contributed by atoms with van der Waals surface area (Å²) in [5, 5.41) is 11.7. The van der Waals surface area contributed by atoms with Crippen LogP contribution >= 0.6 is 12.4 Å². The van der Waals surface area contributed by atoms with Gasteiger partial charge >= 0.3 is 0 Å². The number of carbonyl (C=O) groups is 1. The van der Waals surface area contributed by atoms with Crippen LogP contribution in [0.3, 0.4) is 0 Å². The van der Waals surface area contributed by atoms with Crippen molar-refractivity contribution in [2.75, 3.05) is 23.7 Å². The Hall–Kier alpha value is -3.75. The molecular formula is C29H33ClN6O2. The molecule has 1 atom stereocenters. The number of rotatable bonds is 8. The Kier molecular flexibility index (Phi) is 9.10. The fourth-order valence-electron chi connectivity index (χ4n) is 4.62. The van der Waals surface area contributed by atoms with Gasteiger partial charge in [-0.3, -0.25) is 4.79 Å². The molecule has 0 bridgehead atoms. The van der Waals surface area contributed by atoms with E-state index < -0.39 is 0 Å². The molecule has 1 aliphatic rings. The van der Waals surface area contributed by atoms with Crippen molar-refractivity contribution in [2.24, 2.45) is 0 Å². The summed E-state index contributed by atoms with van der Waals surface area (Å²) in [6.45, 7) is 5.95. The summed E-state index contributed by atoms with van der Waals surface area (Å²) < 4.78 is 6.49. The first kappa shape index (κ1) is 27.3. The molecule has 2 aromatic heterocycles. The Morgan fingerprint density at radius 1 is 1.08 bits per heavy atom. The predicted octanol–water partition coefficient (Wildman–Crippen LogP) is 6.12. The van der Waals surface area contributed by atoms with Crippen LogP contribution in [-0.4, -0.2) is 40.0 Å². The van der Waals surface area contributed by atoms with Crippen LogP contribution in [0, 0.1) is 6.92 Å². The molecular weight excluding hydrogens is 500 g/mol. The Morgan fingerprint density at radius 3 is 2.79 bits per heavy atom. The van der Waals surface area contributed by atoms with Gasteiger partial charge in [-0.2, -0.15) is 0 Å². The van der Waals surface area contributed by atoms with Crippen LogP contribution in [0.2, 0.25) is 0 Å². The van der Waals surface area contributed by atoms with Crippen LogP contribution in [0.5, 0.6) is 11.6 Å². The second-order valence-corrected chi connectivity index (χ2v) is 9.32. The maximum absolute atomic E-state index is 12.3. The number of amides is 1. The molecule has 0 saturated carbocycles. The number of nitrogens with one attached hydrogen (secondary N) is 3. The minimum atomic E-state index is 0. The van der Waals surface area contributed by atoms with Gasteiger partial charge in [0, 0.05) is 47.9 Å². The van der Waals surface area contributed by atoms with Crippen LogP contribution in [-0.2, 0) is 4.79 Å². The van der Waals surface area contributed by atoms with Crippen LogP contribution < -0.4 is 20.7 Å². The highest BCUT2D eigenvalue weighted by molar-refractivity contribution is 6.04. The highest BCUT2D eigenvalue weighted by Crippen LogP contribution is 2.38. The fourth-order valence-corrected chi connectivity index (χ4v) is 4.62. The number of piperidine rings is 1. The molecule has 198 valence electrons. The zero-order valence-corrected chi connectivity index (χ0v) is 22.5. The largest absolute Gasteiger partial charge is 0.437 e. The summed E-state index contributed by atoms with van der Waals surface area (Å²) in [6.07, 6.45) is 6.96. The van der Waals surface area contributed by atoms with Crippen molar-refractivity contribution in [3.05, 3.63) is 66.5 Å². The van der Waals surface area contributed by atoms with Crippen molar-refractivity contribution >= 4 is 40.7 Å². The van der Waals surface area contributed by atoms with Gasteiger partial charge in [0.25, 0.3) is 0 Å². The predicted molar refractivity (Wildman–Crippen MR) is 154 cm³/mol. The lowest BCUT2D eigenvalue weighted by Crippen LogP contribution is -2.38. The minimum absolute atomic E-state index is 0. The van der Waals surface area contributed by atoms with Crippen molar-refractivity contribution < 1.29 is 9.53 Å². The molecule has 0 spiro atoms. The maximum Gasteiger partial charge on any atom is 0.228 e. The van der Waals surface area contributed by atoms with E-state index in [2.05, 4.69) is 25.9 Å². The first-order chi connectivity index (χ1) is 18.1. The molecule has 3 heterocycles. The molecule has 5 rings (SSSR count). The zero-order valence-electron chi connectivity index (χ0n) is 21.7. The van der Waals surface area contributed by atoms with Gasteiger partial charge in [0.05, 0.1) is 11.3 Å². The molecule has 38 heavy (non-hydrogen) atoms. The molecule has 4 aromatic rings. The molecule has 8 nitrogen and oxygen atoms in total. The first-order valence-corrected chi connectivity index (χ1v) is 12.9. The van der Waals surface area contributed by atoms with E-state index >= 15 is 0 Å². The SMILES string of the molecule is CCCC(=O)Nc1cccc2c(Oc3ncccc3-c3ccnc(NC4CCCNC4)n3)c(C)ccc12.Cl. The summed E-state index contributed by atoms with van der Waals surface area (Å²) >= 11 is 0. The van der Waals surface area contributed by atoms with Gasteiger partial charge < -0.3 is 20.7 Å². The molecule has 1 saturated heterocycles. The summed E-state index contributed by atoms with van der Waals surface area (Å²) in [6, 6.07) is 15.9. The minimum Gasteiger partial charge on any atom is -0.437 e. The van der Waals surface area contributed by atoms with Gasteiger partial charge in [0.1, 0.15) is 5.75 Å². The monoisotopic (exact) mass is 532 g/mol. The number of aromatic nitrogens is 3. The maximum atomic E-state index is 12.3. The summed E-state index contributed by atoms with van der Waals surface area (Å²) in [4.78, 5) is 26.0. The van der Waals surface area contributed by atoms with Gasteiger partial charge in [-0.25, -0.2) is 15.0 Å². The summed E-state index contributed by atoms with van der Waals surface area (Å²) in [5.74, 6) is 1.75. The second kappa shape index (κ2) is 12.7. The van der Waals surface area contributed by atoms with Gasteiger partial charge in [-0.15, -0.1) is 12.4 Å². The average Bonchev–Trinajstić information content (AvgIpc) is 2.91. The van der Waals surface area contributed by atoms with E-state index in [4.69, 9.17) is 9.72 Å². The summed E-state index contributed by atoms with van der Waals surface area (Å²) in [7, 11) is 0. The molecule has 2 aromatic carbocycles. The van der Waals surface area contributed by atoms with Crippen molar-refractivity contribution in [3.8, 4) is 22.9 Å². The summed E-state index contributed by atoms with van der Waals surface area (Å²) in [5.41, 5.74) is 3.25. The Bertz CT molecular complexity index is 1410. The number of fused-ring (bicyclic) bond motifs is 1. The standard InChI is InChI=1S/C29H32N6O2.ClH/c1-3-7-26(36)34-24-11-4-9-22-21(24)13-12-19(2)27(22)37-28-23(10-6-16-31-28)25-14-17-32-29(35-25)33-20-8-5-15-30-18-20;/h4,6,9-14,16-17,20,30H,3,5,7-8,15,18H2,1-2H3,(H,34,36)(H,32,33,35);1H. The molecule has 0 aliphatic carbocycles. The Labute approximate surface area is 229 Å². The van der Waals surface area contributed by atoms with Gasteiger partial charge in [0.2, 0.25) is 17.7 Å². The number of ether oxygens (including phenoxy) is 1. The topological polar surface area (TPSA) is 101 Å². The molecule has 1 aliphatic heterocycles. The van der Waals surface area contributed by atoms with E-state index in [-0.39, 0.29) is 18.3 Å². The molecule has 3 N–H and O–H groups in total. The third-order valence-corrected chi connectivity index (χ3v) is 6.49. The van der Waals surface area contributed by atoms with Crippen molar-refractivity contribution in [1.29, 1.82) is 0 Å². The van der Waals surface area contributed by atoms with E-state index in [1.807, 2.05) is 62.4 Å².